The molecule has 22 heavy (non-hydrogen) atoms. The molecule has 2 bridgehead atoms. The molecule has 2 atom stereocenters. The average molecular weight is 323 g/mol. The van der Waals surface area contributed by atoms with Gasteiger partial charge in [0.05, 0.1) is 5.56 Å². The van der Waals surface area contributed by atoms with Crippen LogP contribution in [0.2, 0.25) is 0 Å². The Morgan fingerprint density at radius 2 is 2.00 bits per heavy atom. The van der Waals surface area contributed by atoms with Crippen LogP contribution in [-0.4, -0.2) is 30.6 Å². The molecule has 0 spiro atoms. The van der Waals surface area contributed by atoms with Crippen molar-refractivity contribution < 1.29 is 9.53 Å². The highest BCUT2D eigenvalue weighted by atomic mass is 35.5. The minimum Gasteiger partial charge on any atom is -0.489 e. The molecule has 1 aromatic rings. The largest absolute Gasteiger partial charge is 0.489 e. The molecule has 2 N–H and O–H groups in total. The highest BCUT2D eigenvalue weighted by molar-refractivity contribution is 5.97. The highest BCUT2D eigenvalue weighted by Gasteiger charge is 2.34. The lowest BCUT2D eigenvalue weighted by Crippen LogP contribution is -2.48. The van der Waals surface area contributed by atoms with Crippen LogP contribution in [0, 0.1) is 0 Å². The summed E-state index contributed by atoms with van der Waals surface area (Å²) in [6, 6.07) is 8.78. The van der Waals surface area contributed by atoms with E-state index in [2.05, 4.69) is 17.2 Å². The maximum atomic E-state index is 12.5. The van der Waals surface area contributed by atoms with Gasteiger partial charge in [-0.15, -0.1) is 12.4 Å². The molecule has 1 amide bonds. The van der Waals surface area contributed by atoms with Crippen LogP contribution in [0.4, 0.5) is 0 Å². The topological polar surface area (TPSA) is 50.4 Å². The zero-order valence-electron chi connectivity index (χ0n) is 12.6. The van der Waals surface area contributed by atoms with Crippen molar-refractivity contribution in [3.8, 4) is 5.75 Å². The van der Waals surface area contributed by atoms with E-state index in [1.807, 2.05) is 24.3 Å². The summed E-state index contributed by atoms with van der Waals surface area (Å²) in [6.07, 6.45) is 6.20. The summed E-state index contributed by atoms with van der Waals surface area (Å²) in [4.78, 5) is 12.5. The third-order valence-electron chi connectivity index (χ3n) is 4.30. The standard InChI is InChI=1S/C17H22N2O2.ClH/c1-2-9-21-16-6-4-3-5-15(16)17(20)19-14-10-12-7-8-13(11-14)18-12;/h2-6,12-14,18H,1,7-11H2,(H,19,20);1H. The van der Waals surface area contributed by atoms with Gasteiger partial charge in [0.25, 0.3) is 5.91 Å². The number of fused-ring (bicyclic) bond motifs is 2. The Hall–Kier alpha value is -1.52. The number of benzene rings is 1. The van der Waals surface area contributed by atoms with Crippen LogP contribution in [0.15, 0.2) is 36.9 Å². The predicted octanol–water partition coefficient (Wildman–Crippen LogP) is 2.69. The van der Waals surface area contributed by atoms with Crippen molar-refractivity contribution in [3.63, 3.8) is 0 Å². The van der Waals surface area contributed by atoms with E-state index >= 15 is 0 Å². The molecule has 0 saturated carbocycles. The number of para-hydroxylation sites is 1. The summed E-state index contributed by atoms with van der Waals surface area (Å²) in [6.45, 7) is 4.04. The van der Waals surface area contributed by atoms with Crippen molar-refractivity contribution in [2.45, 2.75) is 43.8 Å². The number of halogens is 1. The first-order valence-corrected chi connectivity index (χ1v) is 7.66. The van der Waals surface area contributed by atoms with E-state index in [4.69, 9.17) is 4.74 Å². The molecule has 0 radical (unpaired) electrons. The van der Waals surface area contributed by atoms with E-state index in [-0.39, 0.29) is 24.4 Å². The van der Waals surface area contributed by atoms with E-state index in [0.29, 0.717) is 30.0 Å². The lowest BCUT2D eigenvalue weighted by atomic mass is 9.99. The molecule has 3 rings (SSSR count). The van der Waals surface area contributed by atoms with Gasteiger partial charge in [0, 0.05) is 18.1 Å². The van der Waals surface area contributed by atoms with Gasteiger partial charge in [-0.05, 0) is 37.8 Å². The molecule has 2 aliphatic rings. The Balaban J connectivity index is 0.00000176. The van der Waals surface area contributed by atoms with Gasteiger partial charge in [-0.25, -0.2) is 0 Å². The normalized spacial score (nSPS) is 25.9. The van der Waals surface area contributed by atoms with Gasteiger partial charge in [0.2, 0.25) is 0 Å². The number of rotatable bonds is 5. The van der Waals surface area contributed by atoms with Crippen molar-refractivity contribution in [1.82, 2.24) is 10.6 Å². The summed E-state index contributed by atoms with van der Waals surface area (Å²) in [5.74, 6) is 0.577. The molecule has 2 aliphatic heterocycles. The molecule has 120 valence electrons. The second-order valence-corrected chi connectivity index (χ2v) is 5.88. The number of hydrogen-bond donors (Lipinski definition) is 2. The van der Waals surface area contributed by atoms with E-state index in [1.54, 1.807) is 6.08 Å². The number of carbonyl (C=O) groups excluding carboxylic acids is 1. The number of carbonyl (C=O) groups is 1. The number of piperidine rings is 1. The molecule has 0 aliphatic carbocycles. The number of ether oxygens (including phenoxy) is 1. The van der Waals surface area contributed by atoms with Crippen LogP contribution < -0.4 is 15.4 Å². The summed E-state index contributed by atoms with van der Waals surface area (Å²) >= 11 is 0. The van der Waals surface area contributed by atoms with E-state index in [1.165, 1.54) is 12.8 Å². The van der Waals surface area contributed by atoms with Crippen LogP contribution in [0.3, 0.4) is 0 Å². The van der Waals surface area contributed by atoms with Gasteiger partial charge < -0.3 is 15.4 Å². The van der Waals surface area contributed by atoms with Crippen molar-refractivity contribution >= 4 is 18.3 Å². The number of nitrogens with one attached hydrogen (secondary N) is 2. The molecule has 1 aromatic carbocycles. The lowest BCUT2D eigenvalue weighted by molar-refractivity contribution is 0.0920. The fourth-order valence-corrected chi connectivity index (χ4v) is 3.37. The summed E-state index contributed by atoms with van der Waals surface area (Å²) in [5, 5.41) is 6.75. The zero-order chi connectivity index (χ0) is 14.7. The van der Waals surface area contributed by atoms with Gasteiger partial charge in [-0.3, -0.25) is 4.79 Å². The summed E-state index contributed by atoms with van der Waals surface area (Å²) in [5.41, 5.74) is 0.602. The van der Waals surface area contributed by atoms with Crippen molar-refractivity contribution in [2.24, 2.45) is 0 Å². The SMILES string of the molecule is C=CCOc1ccccc1C(=O)NC1CC2CCC(C1)N2.Cl. The summed E-state index contributed by atoms with van der Waals surface area (Å²) < 4.78 is 5.56. The van der Waals surface area contributed by atoms with Gasteiger partial charge in [0.15, 0.2) is 0 Å². The second kappa shape index (κ2) is 7.65. The number of hydrogen-bond acceptors (Lipinski definition) is 3. The van der Waals surface area contributed by atoms with E-state index in [9.17, 15) is 4.79 Å². The first-order chi connectivity index (χ1) is 10.3. The van der Waals surface area contributed by atoms with Crippen molar-refractivity contribution in [3.05, 3.63) is 42.5 Å². The predicted molar refractivity (Wildman–Crippen MR) is 89.8 cm³/mol. The quantitative estimate of drug-likeness (QED) is 0.819. The van der Waals surface area contributed by atoms with Gasteiger partial charge in [-0.1, -0.05) is 24.8 Å². The first kappa shape index (κ1) is 16.8. The Bertz CT molecular complexity index is 523. The smallest absolute Gasteiger partial charge is 0.255 e. The molecule has 0 aromatic heterocycles. The zero-order valence-corrected chi connectivity index (χ0v) is 13.4. The molecular formula is C17H23ClN2O2. The van der Waals surface area contributed by atoms with E-state index in [0.717, 1.165) is 12.8 Å². The van der Waals surface area contributed by atoms with Crippen LogP contribution in [0.5, 0.6) is 5.75 Å². The van der Waals surface area contributed by atoms with Gasteiger partial charge in [0.1, 0.15) is 12.4 Å². The Morgan fingerprint density at radius 3 is 2.68 bits per heavy atom. The monoisotopic (exact) mass is 322 g/mol. The molecule has 2 saturated heterocycles. The fourth-order valence-electron chi connectivity index (χ4n) is 3.37. The molecule has 2 heterocycles. The Morgan fingerprint density at radius 1 is 1.32 bits per heavy atom. The molecule has 5 heteroatoms. The lowest BCUT2D eigenvalue weighted by Gasteiger charge is -2.29. The third kappa shape index (κ3) is 3.81. The fraction of sp³-hybridized carbons (Fsp3) is 0.471. The maximum absolute atomic E-state index is 12.5. The maximum Gasteiger partial charge on any atom is 0.255 e. The molecule has 4 nitrogen and oxygen atoms in total. The molecule has 2 unspecified atom stereocenters. The van der Waals surface area contributed by atoms with Crippen LogP contribution in [0.1, 0.15) is 36.0 Å². The average Bonchev–Trinajstić information content (AvgIpc) is 2.84. The highest BCUT2D eigenvalue weighted by Crippen LogP contribution is 2.27. The molecular weight excluding hydrogens is 300 g/mol. The number of amides is 1. The van der Waals surface area contributed by atoms with Gasteiger partial charge >= 0.3 is 0 Å². The third-order valence-corrected chi connectivity index (χ3v) is 4.30. The van der Waals surface area contributed by atoms with Crippen LogP contribution >= 0.6 is 12.4 Å². The molecule has 2 fully saturated rings. The van der Waals surface area contributed by atoms with Crippen LogP contribution in [-0.2, 0) is 0 Å². The Kier molecular flexibility index (Phi) is 5.86. The summed E-state index contributed by atoms with van der Waals surface area (Å²) in [7, 11) is 0. The van der Waals surface area contributed by atoms with Crippen LogP contribution in [0.25, 0.3) is 0 Å². The van der Waals surface area contributed by atoms with Gasteiger partial charge in [-0.2, -0.15) is 0 Å². The second-order valence-electron chi connectivity index (χ2n) is 5.88. The Labute approximate surface area is 137 Å². The minimum absolute atomic E-state index is 0. The van der Waals surface area contributed by atoms with Crippen molar-refractivity contribution in [2.75, 3.05) is 6.61 Å². The van der Waals surface area contributed by atoms with E-state index < -0.39 is 0 Å². The minimum atomic E-state index is -0.0408. The van der Waals surface area contributed by atoms with Crippen molar-refractivity contribution in [1.29, 1.82) is 0 Å². The first-order valence-electron chi connectivity index (χ1n) is 7.66.